The molecule has 0 fully saturated rings. The van der Waals surface area contributed by atoms with Crippen molar-refractivity contribution in [1.29, 1.82) is 0 Å². The van der Waals surface area contributed by atoms with Crippen molar-refractivity contribution in [2.75, 3.05) is 0 Å². The Kier molecular flexibility index (Phi) is 6.53. The maximum atomic E-state index is 12.3. The Morgan fingerprint density at radius 3 is 2.07 bits per heavy atom. The van der Waals surface area contributed by atoms with Gasteiger partial charge in [0.2, 0.25) is 0 Å². The van der Waals surface area contributed by atoms with E-state index in [4.69, 9.17) is 4.74 Å². The van der Waals surface area contributed by atoms with Crippen LogP contribution < -0.4 is 0 Å². The molecule has 3 nitrogen and oxygen atoms in total. The van der Waals surface area contributed by atoms with Gasteiger partial charge in [0.15, 0.2) is 5.78 Å². The van der Waals surface area contributed by atoms with Gasteiger partial charge >= 0.3 is 5.97 Å². The zero-order valence-electron chi connectivity index (χ0n) is 15.6. The number of rotatable bonds is 8. The summed E-state index contributed by atoms with van der Waals surface area (Å²) in [6.45, 7) is 3.91. The van der Waals surface area contributed by atoms with E-state index in [1.807, 2.05) is 66.7 Å². The summed E-state index contributed by atoms with van der Waals surface area (Å²) in [4.78, 5) is 24.2. The van der Waals surface area contributed by atoms with Crippen molar-refractivity contribution in [1.82, 2.24) is 0 Å². The number of hydrogen-bond acceptors (Lipinski definition) is 3. The molecule has 0 atom stereocenters. The Labute approximate surface area is 165 Å². The van der Waals surface area contributed by atoms with Crippen LogP contribution in [0.15, 0.2) is 85.4 Å². The van der Waals surface area contributed by atoms with Crippen LogP contribution in [0.3, 0.4) is 0 Å². The number of ketones is 1. The van der Waals surface area contributed by atoms with Gasteiger partial charge in [-0.3, -0.25) is 9.59 Å². The van der Waals surface area contributed by atoms with Gasteiger partial charge in [0.25, 0.3) is 0 Å². The molecule has 0 unspecified atom stereocenters. The summed E-state index contributed by atoms with van der Waals surface area (Å²) >= 11 is 0. The van der Waals surface area contributed by atoms with E-state index < -0.39 is 0 Å². The van der Waals surface area contributed by atoms with Crippen LogP contribution in [0.25, 0.3) is 17.2 Å². The molecule has 0 N–H and O–H groups in total. The lowest BCUT2D eigenvalue weighted by Gasteiger charge is -2.06. The van der Waals surface area contributed by atoms with Gasteiger partial charge in [0.05, 0.1) is 6.42 Å². The number of carbonyl (C=O) groups excluding carboxylic acids is 2. The minimum atomic E-state index is -0.373. The molecule has 0 saturated heterocycles. The Morgan fingerprint density at radius 1 is 0.786 bits per heavy atom. The molecule has 3 heteroatoms. The molecule has 0 amide bonds. The molecule has 0 heterocycles. The molecule has 0 bridgehead atoms. The monoisotopic (exact) mass is 370 g/mol. The molecule has 0 aliphatic rings. The van der Waals surface area contributed by atoms with Gasteiger partial charge in [0, 0.05) is 12.0 Å². The lowest BCUT2D eigenvalue weighted by Crippen LogP contribution is -2.08. The van der Waals surface area contributed by atoms with E-state index in [0.717, 1.165) is 22.3 Å². The summed E-state index contributed by atoms with van der Waals surface area (Å²) in [5.41, 5.74) is 4.68. The zero-order chi connectivity index (χ0) is 19.8. The molecule has 140 valence electrons. The first kappa shape index (κ1) is 19.3. The SMILES string of the molecule is C=Cc1ccc(COC(=O)CCC(=O)c2ccc(-c3ccccc3)cc2)cc1. The topological polar surface area (TPSA) is 43.4 Å². The zero-order valence-corrected chi connectivity index (χ0v) is 15.6. The van der Waals surface area contributed by atoms with Crippen LogP contribution in [-0.2, 0) is 16.1 Å². The summed E-state index contributed by atoms with van der Waals surface area (Å²) in [7, 11) is 0. The molecule has 0 aliphatic carbocycles. The van der Waals surface area contributed by atoms with Crippen LogP contribution in [-0.4, -0.2) is 11.8 Å². The first-order valence-electron chi connectivity index (χ1n) is 9.21. The maximum absolute atomic E-state index is 12.3. The van der Waals surface area contributed by atoms with Gasteiger partial charge in [-0.2, -0.15) is 0 Å². The van der Waals surface area contributed by atoms with Crippen LogP contribution in [0, 0.1) is 0 Å². The molecule has 3 aromatic rings. The second kappa shape index (κ2) is 9.47. The van der Waals surface area contributed by atoms with Crippen LogP contribution in [0.4, 0.5) is 0 Å². The maximum Gasteiger partial charge on any atom is 0.306 e. The van der Waals surface area contributed by atoms with Crippen molar-refractivity contribution in [3.8, 4) is 11.1 Å². The largest absolute Gasteiger partial charge is 0.461 e. The van der Waals surface area contributed by atoms with E-state index in [1.54, 1.807) is 18.2 Å². The number of benzene rings is 3. The number of Topliss-reactive ketones (excluding diaryl/α,β-unsaturated/α-hetero) is 1. The Balaban J connectivity index is 1.47. The van der Waals surface area contributed by atoms with Crippen molar-refractivity contribution in [3.63, 3.8) is 0 Å². The highest BCUT2D eigenvalue weighted by atomic mass is 16.5. The summed E-state index contributed by atoms with van der Waals surface area (Å²) in [5.74, 6) is -0.436. The number of esters is 1. The molecule has 0 saturated carbocycles. The predicted octanol–water partition coefficient (Wildman–Crippen LogP) is 5.70. The van der Waals surface area contributed by atoms with Crippen molar-refractivity contribution in [3.05, 3.63) is 102 Å². The Morgan fingerprint density at radius 2 is 1.43 bits per heavy atom. The van der Waals surface area contributed by atoms with Crippen LogP contribution in [0.1, 0.15) is 34.3 Å². The van der Waals surface area contributed by atoms with Crippen molar-refractivity contribution >= 4 is 17.8 Å². The Hall–Kier alpha value is -3.46. The third-order valence-electron chi connectivity index (χ3n) is 4.49. The van der Waals surface area contributed by atoms with Crippen molar-refractivity contribution in [2.45, 2.75) is 19.4 Å². The van der Waals surface area contributed by atoms with E-state index in [9.17, 15) is 9.59 Å². The number of carbonyl (C=O) groups is 2. The standard InChI is InChI=1S/C25H22O3/c1-2-19-8-10-20(11-9-19)18-28-25(27)17-16-24(26)23-14-12-22(13-15-23)21-6-4-3-5-7-21/h2-15H,1,16-18H2. The number of ether oxygens (including phenoxy) is 1. The smallest absolute Gasteiger partial charge is 0.306 e. The number of hydrogen-bond donors (Lipinski definition) is 0. The van der Waals surface area contributed by atoms with E-state index in [0.29, 0.717) is 5.56 Å². The minimum absolute atomic E-state index is 0.0631. The molecular weight excluding hydrogens is 348 g/mol. The summed E-state index contributed by atoms with van der Waals surface area (Å²) in [6.07, 6.45) is 1.97. The highest BCUT2D eigenvalue weighted by Gasteiger charge is 2.11. The van der Waals surface area contributed by atoms with Crippen LogP contribution >= 0.6 is 0 Å². The Bertz CT molecular complexity index is 939. The third-order valence-corrected chi connectivity index (χ3v) is 4.49. The lowest BCUT2D eigenvalue weighted by molar-refractivity contribution is -0.144. The van der Waals surface area contributed by atoms with E-state index in [1.165, 1.54) is 0 Å². The van der Waals surface area contributed by atoms with Gasteiger partial charge in [0.1, 0.15) is 6.61 Å². The van der Waals surface area contributed by atoms with Gasteiger partial charge < -0.3 is 4.74 Å². The molecule has 3 rings (SSSR count). The fraction of sp³-hybridized carbons (Fsp3) is 0.120. The van der Waals surface area contributed by atoms with E-state index in [2.05, 4.69) is 6.58 Å². The molecule has 3 aromatic carbocycles. The predicted molar refractivity (Wildman–Crippen MR) is 112 cm³/mol. The van der Waals surface area contributed by atoms with Crippen LogP contribution in [0.2, 0.25) is 0 Å². The van der Waals surface area contributed by atoms with Gasteiger partial charge in [-0.25, -0.2) is 0 Å². The first-order valence-corrected chi connectivity index (χ1v) is 9.21. The molecule has 0 spiro atoms. The molecule has 0 aliphatic heterocycles. The first-order chi connectivity index (χ1) is 13.7. The van der Waals surface area contributed by atoms with Crippen molar-refractivity contribution < 1.29 is 14.3 Å². The van der Waals surface area contributed by atoms with Crippen LogP contribution in [0.5, 0.6) is 0 Å². The van der Waals surface area contributed by atoms with E-state index in [-0.39, 0.29) is 31.2 Å². The molecule has 0 aromatic heterocycles. The normalized spacial score (nSPS) is 10.3. The lowest BCUT2D eigenvalue weighted by atomic mass is 10.0. The van der Waals surface area contributed by atoms with Crippen molar-refractivity contribution in [2.24, 2.45) is 0 Å². The second-order valence-corrected chi connectivity index (χ2v) is 6.47. The third kappa shape index (κ3) is 5.27. The average molecular weight is 370 g/mol. The minimum Gasteiger partial charge on any atom is -0.461 e. The fourth-order valence-corrected chi connectivity index (χ4v) is 2.83. The van der Waals surface area contributed by atoms with Gasteiger partial charge in [-0.05, 0) is 22.3 Å². The van der Waals surface area contributed by atoms with Gasteiger partial charge in [-0.15, -0.1) is 0 Å². The summed E-state index contributed by atoms with van der Waals surface area (Å²) in [5, 5.41) is 0. The highest BCUT2D eigenvalue weighted by molar-refractivity contribution is 5.97. The molecular formula is C25H22O3. The second-order valence-electron chi connectivity index (χ2n) is 6.47. The quantitative estimate of drug-likeness (QED) is 0.377. The molecule has 28 heavy (non-hydrogen) atoms. The fourth-order valence-electron chi connectivity index (χ4n) is 2.83. The summed E-state index contributed by atoms with van der Waals surface area (Å²) in [6, 6.07) is 25.1. The summed E-state index contributed by atoms with van der Waals surface area (Å²) < 4.78 is 5.25. The van der Waals surface area contributed by atoms with Gasteiger partial charge in [-0.1, -0.05) is 91.5 Å². The average Bonchev–Trinajstić information content (AvgIpc) is 2.77. The molecule has 0 radical (unpaired) electrons. The highest BCUT2D eigenvalue weighted by Crippen LogP contribution is 2.20. The van der Waals surface area contributed by atoms with E-state index >= 15 is 0 Å².